The Hall–Kier alpha value is -3.78. The molecule has 3 N–H and O–H groups in total. The van der Waals surface area contributed by atoms with Crippen LogP contribution in [0.25, 0.3) is 11.2 Å². The number of nitrogens with two attached hydrogens (primary N) is 1. The Morgan fingerprint density at radius 2 is 2.06 bits per heavy atom. The predicted octanol–water partition coefficient (Wildman–Crippen LogP) is 0.765. The second-order valence-electron chi connectivity index (χ2n) is 7.58. The molecule has 0 radical (unpaired) electrons. The lowest BCUT2D eigenvalue weighted by atomic mass is 10.2. The zero-order valence-corrected chi connectivity index (χ0v) is 19.0. The SMILES string of the molecule is CC(=O)OC[C@@H]1C[C@@H](OC(C)=O)[C@H](n2c(=O)n(Cc3ccc(C(=O)O)s3)c3cnc(N)nc32)O1. The number of nitrogen functional groups attached to an aromatic ring is 1. The third-order valence-electron chi connectivity index (χ3n) is 5.10. The minimum atomic E-state index is -1.07. The molecule has 0 bridgehead atoms. The third-order valence-corrected chi connectivity index (χ3v) is 6.16. The molecule has 3 atom stereocenters. The van der Waals surface area contributed by atoms with E-state index in [1.807, 2.05) is 0 Å². The summed E-state index contributed by atoms with van der Waals surface area (Å²) in [5.41, 5.74) is 5.71. The molecule has 1 fully saturated rings. The maximum Gasteiger partial charge on any atom is 0.345 e. The summed E-state index contributed by atoms with van der Waals surface area (Å²) < 4.78 is 19.0. The van der Waals surface area contributed by atoms with Crippen LogP contribution in [-0.4, -0.2) is 60.9 Å². The zero-order chi connectivity index (χ0) is 24.6. The maximum absolute atomic E-state index is 13.5. The molecule has 4 heterocycles. The third kappa shape index (κ3) is 4.63. The number of carbonyl (C=O) groups is 3. The molecule has 0 saturated carbocycles. The highest BCUT2D eigenvalue weighted by molar-refractivity contribution is 7.13. The Morgan fingerprint density at radius 3 is 2.71 bits per heavy atom. The minimum absolute atomic E-state index is 0.0510. The Morgan fingerprint density at radius 1 is 1.29 bits per heavy atom. The summed E-state index contributed by atoms with van der Waals surface area (Å²) in [6.45, 7) is 2.46. The number of ether oxygens (including phenoxy) is 3. The van der Waals surface area contributed by atoms with E-state index < -0.39 is 42.0 Å². The first-order chi connectivity index (χ1) is 16.1. The topological polar surface area (TPSA) is 178 Å². The summed E-state index contributed by atoms with van der Waals surface area (Å²) in [7, 11) is 0. The molecule has 14 heteroatoms. The number of rotatable bonds is 7. The van der Waals surface area contributed by atoms with Crippen molar-refractivity contribution in [1.82, 2.24) is 19.1 Å². The summed E-state index contributed by atoms with van der Waals surface area (Å²) in [6, 6.07) is 3.07. The average molecular weight is 491 g/mol. The van der Waals surface area contributed by atoms with Crippen LogP contribution in [0.15, 0.2) is 23.1 Å². The molecule has 3 aromatic rings. The van der Waals surface area contributed by atoms with Crippen LogP contribution in [0.4, 0.5) is 5.95 Å². The molecule has 4 rings (SSSR count). The van der Waals surface area contributed by atoms with Crippen LogP contribution < -0.4 is 11.4 Å². The number of hydrogen-bond donors (Lipinski definition) is 2. The highest BCUT2D eigenvalue weighted by Crippen LogP contribution is 2.33. The van der Waals surface area contributed by atoms with Gasteiger partial charge in [0.25, 0.3) is 0 Å². The molecule has 34 heavy (non-hydrogen) atoms. The van der Waals surface area contributed by atoms with E-state index in [1.54, 1.807) is 6.07 Å². The van der Waals surface area contributed by atoms with E-state index in [9.17, 15) is 24.3 Å². The fourth-order valence-corrected chi connectivity index (χ4v) is 4.60. The molecule has 1 saturated heterocycles. The van der Waals surface area contributed by atoms with Gasteiger partial charge in [0, 0.05) is 25.1 Å². The van der Waals surface area contributed by atoms with Crippen LogP contribution >= 0.6 is 11.3 Å². The first-order valence-corrected chi connectivity index (χ1v) is 11.0. The van der Waals surface area contributed by atoms with Crippen LogP contribution in [0.5, 0.6) is 0 Å². The molecule has 0 amide bonds. The normalized spacial score (nSPS) is 19.9. The second kappa shape index (κ2) is 9.23. The van der Waals surface area contributed by atoms with Crippen LogP contribution in [0.3, 0.4) is 0 Å². The van der Waals surface area contributed by atoms with Crippen LogP contribution in [0.2, 0.25) is 0 Å². The Balaban J connectivity index is 1.77. The van der Waals surface area contributed by atoms with Gasteiger partial charge in [0.2, 0.25) is 5.95 Å². The second-order valence-corrected chi connectivity index (χ2v) is 8.75. The fourth-order valence-electron chi connectivity index (χ4n) is 3.77. The number of carbonyl (C=O) groups excluding carboxylic acids is 2. The number of hydrogen-bond acceptors (Lipinski definition) is 11. The Bertz CT molecular complexity index is 1330. The Labute approximate surface area is 195 Å². The molecule has 0 aliphatic carbocycles. The summed E-state index contributed by atoms with van der Waals surface area (Å²) in [5, 5.41) is 9.19. The summed E-state index contributed by atoms with van der Waals surface area (Å²) in [4.78, 5) is 56.6. The van der Waals surface area contributed by atoms with Crippen molar-refractivity contribution < 1.29 is 33.7 Å². The lowest BCUT2D eigenvalue weighted by Gasteiger charge is -2.19. The van der Waals surface area contributed by atoms with Gasteiger partial charge in [-0.1, -0.05) is 0 Å². The highest BCUT2D eigenvalue weighted by Gasteiger charge is 2.41. The number of carboxylic acids is 1. The van der Waals surface area contributed by atoms with Gasteiger partial charge in [0.15, 0.2) is 11.9 Å². The van der Waals surface area contributed by atoms with Gasteiger partial charge in [-0.3, -0.25) is 14.2 Å². The molecule has 180 valence electrons. The molecule has 13 nitrogen and oxygen atoms in total. The van der Waals surface area contributed by atoms with Gasteiger partial charge >= 0.3 is 23.6 Å². The standard InChI is InChI=1S/C20H21N5O8S/c1-9(26)31-8-11-5-14(32-10(2)27)17(33-11)25-16-13(6-22-19(21)23-16)24(20(25)30)7-12-3-4-15(34-12)18(28)29/h3-4,6,11,14,17H,5,7-8H2,1-2H3,(H,28,29)(H2,21,22,23)/t11-,14+,17+/m0/s1. The van der Waals surface area contributed by atoms with Gasteiger partial charge in [-0.25, -0.2) is 19.1 Å². The number of thiophene rings is 1. The number of aromatic nitrogens is 4. The zero-order valence-electron chi connectivity index (χ0n) is 18.2. The van der Waals surface area contributed by atoms with E-state index in [1.165, 1.54) is 35.2 Å². The van der Waals surface area contributed by atoms with Crippen molar-refractivity contribution in [2.75, 3.05) is 12.3 Å². The first kappa shape index (κ1) is 23.4. The number of nitrogens with zero attached hydrogens (tertiary/aromatic N) is 4. The largest absolute Gasteiger partial charge is 0.477 e. The predicted molar refractivity (Wildman–Crippen MR) is 117 cm³/mol. The molecule has 3 aromatic heterocycles. The van der Waals surface area contributed by atoms with E-state index in [0.717, 1.165) is 11.3 Å². The van der Waals surface area contributed by atoms with E-state index in [0.29, 0.717) is 10.4 Å². The van der Waals surface area contributed by atoms with Crippen molar-refractivity contribution >= 4 is 46.4 Å². The number of carboxylic acid groups (broad SMARTS) is 1. The van der Waals surface area contributed by atoms with E-state index >= 15 is 0 Å². The van der Waals surface area contributed by atoms with Crippen molar-refractivity contribution in [3.05, 3.63) is 38.6 Å². The lowest BCUT2D eigenvalue weighted by Crippen LogP contribution is -2.33. The molecule has 1 aliphatic rings. The quantitative estimate of drug-likeness (QED) is 0.446. The van der Waals surface area contributed by atoms with Gasteiger partial charge in [-0.2, -0.15) is 4.98 Å². The van der Waals surface area contributed by atoms with Crippen LogP contribution in [-0.2, 0) is 30.3 Å². The number of anilines is 1. The van der Waals surface area contributed by atoms with Gasteiger partial charge < -0.3 is 25.1 Å². The highest BCUT2D eigenvalue weighted by atomic mass is 32.1. The number of imidazole rings is 1. The monoisotopic (exact) mass is 491 g/mol. The first-order valence-electron chi connectivity index (χ1n) is 10.1. The van der Waals surface area contributed by atoms with Gasteiger partial charge in [-0.15, -0.1) is 11.3 Å². The number of aromatic carboxylic acids is 1. The Kier molecular flexibility index (Phi) is 6.34. The van der Waals surface area contributed by atoms with Gasteiger partial charge in [-0.05, 0) is 12.1 Å². The van der Waals surface area contributed by atoms with Crippen LogP contribution in [0, 0.1) is 0 Å². The summed E-state index contributed by atoms with van der Waals surface area (Å²) in [5.74, 6) is -2.22. The minimum Gasteiger partial charge on any atom is -0.477 e. The fraction of sp³-hybridized carbons (Fsp3) is 0.400. The number of fused-ring (bicyclic) bond motifs is 1. The van der Waals surface area contributed by atoms with E-state index in [4.69, 9.17) is 19.9 Å². The van der Waals surface area contributed by atoms with Crippen molar-refractivity contribution in [3.8, 4) is 0 Å². The maximum atomic E-state index is 13.5. The van der Waals surface area contributed by atoms with Crippen molar-refractivity contribution in [2.45, 2.75) is 45.2 Å². The molecule has 0 aromatic carbocycles. The van der Waals surface area contributed by atoms with Crippen molar-refractivity contribution in [1.29, 1.82) is 0 Å². The molecular formula is C20H21N5O8S. The van der Waals surface area contributed by atoms with Gasteiger partial charge in [0.1, 0.15) is 23.1 Å². The summed E-state index contributed by atoms with van der Waals surface area (Å²) in [6.07, 6.45) is -0.977. The lowest BCUT2D eigenvalue weighted by molar-refractivity contribution is -0.153. The smallest absolute Gasteiger partial charge is 0.345 e. The average Bonchev–Trinajstić information content (AvgIpc) is 3.44. The van der Waals surface area contributed by atoms with Gasteiger partial charge in [0.05, 0.1) is 18.8 Å². The molecule has 0 spiro atoms. The molecule has 0 unspecified atom stereocenters. The number of esters is 2. The molecule has 1 aliphatic heterocycles. The van der Waals surface area contributed by atoms with E-state index in [-0.39, 0.29) is 36.0 Å². The van der Waals surface area contributed by atoms with E-state index in [2.05, 4.69) is 9.97 Å². The van der Waals surface area contributed by atoms with Crippen molar-refractivity contribution in [2.24, 2.45) is 0 Å². The summed E-state index contributed by atoms with van der Waals surface area (Å²) >= 11 is 1.03. The van der Waals surface area contributed by atoms with Crippen molar-refractivity contribution in [3.63, 3.8) is 0 Å². The molecular weight excluding hydrogens is 470 g/mol. The van der Waals surface area contributed by atoms with Crippen LogP contribution in [0.1, 0.15) is 41.0 Å².